The number of rotatable bonds is 4. The van der Waals surface area contributed by atoms with Gasteiger partial charge in [-0.15, -0.1) is 0 Å². The van der Waals surface area contributed by atoms with Crippen molar-refractivity contribution in [1.29, 1.82) is 0 Å². The number of pyridine rings is 1. The molecule has 6 nitrogen and oxygen atoms in total. The van der Waals surface area contributed by atoms with Crippen LogP contribution in [0.15, 0.2) is 30.7 Å². The van der Waals surface area contributed by atoms with Crippen molar-refractivity contribution in [3.63, 3.8) is 0 Å². The molecule has 2 atom stereocenters. The van der Waals surface area contributed by atoms with Gasteiger partial charge in [-0.25, -0.2) is 14.4 Å². The van der Waals surface area contributed by atoms with Crippen molar-refractivity contribution in [3.8, 4) is 11.3 Å². The van der Waals surface area contributed by atoms with Gasteiger partial charge < -0.3 is 10.6 Å². The first-order chi connectivity index (χ1) is 12.3. The van der Waals surface area contributed by atoms with E-state index >= 15 is 0 Å². The van der Waals surface area contributed by atoms with Gasteiger partial charge in [0.05, 0.1) is 24.0 Å². The zero-order valence-corrected chi connectivity index (χ0v) is 13.4. The number of carbonyl (C=O) groups is 1. The van der Waals surface area contributed by atoms with Crippen molar-refractivity contribution in [2.75, 3.05) is 6.54 Å². The Kier molecular flexibility index (Phi) is 5.12. The van der Waals surface area contributed by atoms with Gasteiger partial charge in [-0.05, 0) is 18.2 Å². The molecule has 0 saturated carbocycles. The quantitative estimate of drug-likeness (QED) is 0.805. The molecule has 1 aliphatic heterocycles. The van der Waals surface area contributed by atoms with E-state index in [4.69, 9.17) is 0 Å². The highest BCUT2D eigenvalue weighted by Gasteiger charge is 2.32. The highest BCUT2D eigenvalue weighted by molar-refractivity contribution is 5.82. The summed E-state index contributed by atoms with van der Waals surface area (Å²) >= 11 is 0. The lowest BCUT2D eigenvalue weighted by Gasteiger charge is -2.11. The van der Waals surface area contributed by atoms with Crippen LogP contribution in [0, 0.1) is 0 Å². The van der Waals surface area contributed by atoms with Crippen molar-refractivity contribution in [2.24, 2.45) is 0 Å². The molecule has 1 aliphatic rings. The average Bonchev–Trinajstić information content (AvgIpc) is 3.06. The monoisotopic (exact) mass is 369 g/mol. The number of carbonyl (C=O) groups excluding carboxylic acids is 1. The zero-order valence-electron chi connectivity index (χ0n) is 13.4. The maximum absolute atomic E-state index is 13.1. The van der Waals surface area contributed by atoms with Gasteiger partial charge in [0.1, 0.15) is 18.2 Å². The molecule has 0 aromatic carbocycles. The first-order valence-corrected chi connectivity index (χ1v) is 7.82. The fourth-order valence-corrected chi connectivity index (χ4v) is 2.56. The van der Waals surface area contributed by atoms with Gasteiger partial charge in [0.25, 0.3) is 0 Å². The maximum Gasteiger partial charge on any atom is 0.433 e. The fourth-order valence-electron chi connectivity index (χ4n) is 2.56. The molecule has 0 radical (unpaired) electrons. The predicted octanol–water partition coefficient (Wildman–Crippen LogP) is 1.87. The number of halogens is 4. The fraction of sp³-hybridized carbons (Fsp3) is 0.375. The van der Waals surface area contributed by atoms with Gasteiger partial charge in [0.2, 0.25) is 5.91 Å². The van der Waals surface area contributed by atoms with E-state index in [2.05, 4.69) is 25.6 Å². The molecule has 2 N–H and O–H groups in total. The minimum Gasteiger partial charge on any atom is -0.349 e. The van der Waals surface area contributed by atoms with E-state index < -0.39 is 24.1 Å². The smallest absolute Gasteiger partial charge is 0.349 e. The molecule has 1 amide bonds. The van der Waals surface area contributed by atoms with E-state index in [1.807, 2.05) is 0 Å². The molecule has 0 unspecified atom stereocenters. The number of hydrogen-bond acceptors (Lipinski definition) is 5. The Labute approximate surface area is 146 Å². The third kappa shape index (κ3) is 4.31. The Morgan fingerprint density at radius 1 is 1.27 bits per heavy atom. The lowest BCUT2D eigenvalue weighted by molar-refractivity contribution is -0.141. The molecular formula is C16H15F4N5O. The standard InChI is InChI=1S/C16H15F4N5O/c17-10-3-13(21-6-10)15(26)23-7-11-4-12(25-8-24-11)9-1-2-14(22-5-9)16(18,19)20/h1-2,4-5,8,10,13,21H,3,6-7H2,(H,23,26)/t10-,13+/m1/s1. The Morgan fingerprint density at radius 3 is 2.69 bits per heavy atom. The number of nitrogens with zero attached hydrogens (tertiary/aromatic N) is 3. The summed E-state index contributed by atoms with van der Waals surface area (Å²) in [4.78, 5) is 23.4. The van der Waals surface area contributed by atoms with Gasteiger partial charge in [-0.3, -0.25) is 9.78 Å². The van der Waals surface area contributed by atoms with Crippen LogP contribution in [0.25, 0.3) is 11.3 Å². The highest BCUT2D eigenvalue weighted by atomic mass is 19.4. The summed E-state index contributed by atoms with van der Waals surface area (Å²) in [6.07, 6.45) is -3.09. The van der Waals surface area contributed by atoms with Gasteiger partial charge in [0.15, 0.2) is 0 Å². The molecule has 26 heavy (non-hydrogen) atoms. The van der Waals surface area contributed by atoms with Crippen LogP contribution in [-0.4, -0.2) is 39.6 Å². The summed E-state index contributed by atoms with van der Waals surface area (Å²) in [5, 5.41) is 5.42. The lowest BCUT2D eigenvalue weighted by Crippen LogP contribution is -2.40. The summed E-state index contributed by atoms with van der Waals surface area (Å²) in [6.45, 7) is 0.244. The van der Waals surface area contributed by atoms with Crippen molar-refractivity contribution in [2.45, 2.75) is 31.4 Å². The van der Waals surface area contributed by atoms with E-state index in [-0.39, 0.29) is 25.4 Å². The van der Waals surface area contributed by atoms with Crippen molar-refractivity contribution < 1.29 is 22.4 Å². The predicted molar refractivity (Wildman–Crippen MR) is 83.4 cm³/mol. The van der Waals surface area contributed by atoms with E-state index in [1.165, 1.54) is 12.4 Å². The maximum atomic E-state index is 13.1. The molecule has 3 heterocycles. The number of hydrogen-bond donors (Lipinski definition) is 2. The first kappa shape index (κ1) is 18.2. The van der Waals surface area contributed by atoms with E-state index in [0.29, 0.717) is 17.0 Å². The second-order valence-electron chi connectivity index (χ2n) is 5.84. The van der Waals surface area contributed by atoms with Crippen molar-refractivity contribution in [3.05, 3.63) is 42.1 Å². The van der Waals surface area contributed by atoms with E-state index in [9.17, 15) is 22.4 Å². The third-order valence-electron chi connectivity index (χ3n) is 3.91. The summed E-state index contributed by atoms with van der Waals surface area (Å²) < 4.78 is 50.8. The van der Waals surface area contributed by atoms with Crippen LogP contribution in [0.3, 0.4) is 0 Å². The molecule has 1 fully saturated rings. The SMILES string of the molecule is O=C(NCc1cc(-c2ccc(C(F)(F)F)nc2)ncn1)[C@@H]1C[C@@H](F)CN1. The lowest BCUT2D eigenvalue weighted by atomic mass is 10.1. The van der Waals surface area contributed by atoms with Gasteiger partial charge in [-0.2, -0.15) is 13.2 Å². The molecule has 3 rings (SSSR count). The average molecular weight is 369 g/mol. The molecule has 10 heteroatoms. The van der Waals surface area contributed by atoms with Crippen LogP contribution in [0.1, 0.15) is 17.8 Å². The number of nitrogens with one attached hydrogen (secondary N) is 2. The summed E-state index contributed by atoms with van der Waals surface area (Å²) in [5.41, 5.74) is 0.259. The third-order valence-corrected chi connectivity index (χ3v) is 3.91. The molecule has 1 saturated heterocycles. The zero-order chi connectivity index (χ0) is 18.7. The van der Waals surface area contributed by atoms with Gasteiger partial charge >= 0.3 is 6.18 Å². The van der Waals surface area contributed by atoms with Crippen LogP contribution < -0.4 is 10.6 Å². The first-order valence-electron chi connectivity index (χ1n) is 7.82. The Bertz CT molecular complexity index is 781. The molecule has 0 bridgehead atoms. The molecule has 0 aliphatic carbocycles. The largest absolute Gasteiger partial charge is 0.433 e. The highest BCUT2D eigenvalue weighted by Crippen LogP contribution is 2.28. The molecule has 0 spiro atoms. The van der Waals surface area contributed by atoms with Gasteiger partial charge in [-0.1, -0.05) is 0 Å². The second-order valence-corrected chi connectivity index (χ2v) is 5.84. The van der Waals surface area contributed by atoms with Crippen molar-refractivity contribution >= 4 is 5.91 Å². The van der Waals surface area contributed by atoms with E-state index in [1.54, 1.807) is 6.07 Å². The minimum absolute atomic E-state index is 0.0948. The van der Waals surface area contributed by atoms with E-state index in [0.717, 1.165) is 12.3 Å². The minimum atomic E-state index is -4.51. The van der Waals surface area contributed by atoms with Crippen LogP contribution >= 0.6 is 0 Å². The molecule has 2 aromatic heterocycles. The normalized spacial score (nSPS) is 20.2. The Hall–Kier alpha value is -2.62. The molecule has 138 valence electrons. The van der Waals surface area contributed by atoms with Gasteiger partial charge in [0, 0.05) is 24.7 Å². The summed E-state index contributed by atoms with van der Waals surface area (Å²) in [5.74, 6) is -0.332. The summed E-state index contributed by atoms with van der Waals surface area (Å²) in [6, 6.07) is 3.11. The Morgan fingerprint density at radius 2 is 2.08 bits per heavy atom. The summed E-state index contributed by atoms with van der Waals surface area (Å²) in [7, 11) is 0. The molecule has 2 aromatic rings. The van der Waals surface area contributed by atoms with Crippen molar-refractivity contribution in [1.82, 2.24) is 25.6 Å². The number of alkyl halides is 4. The van der Waals surface area contributed by atoms with Crippen LogP contribution in [-0.2, 0) is 17.5 Å². The second kappa shape index (κ2) is 7.32. The Balaban J connectivity index is 1.65. The van der Waals surface area contributed by atoms with Crippen LogP contribution in [0.2, 0.25) is 0 Å². The topological polar surface area (TPSA) is 79.8 Å². The number of amides is 1. The van der Waals surface area contributed by atoms with Crippen LogP contribution in [0.4, 0.5) is 17.6 Å². The van der Waals surface area contributed by atoms with Crippen LogP contribution in [0.5, 0.6) is 0 Å². The molecular weight excluding hydrogens is 354 g/mol. The number of aromatic nitrogens is 3.